The Morgan fingerprint density at radius 3 is 2.66 bits per heavy atom. The van der Waals surface area contributed by atoms with Crippen LogP contribution >= 0.6 is 0 Å². The van der Waals surface area contributed by atoms with E-state index in [-0.39, 0.29) is 17.4 Å². The van der Waals surface area contributed by atoms with Crippen molar-refractivity contribution >= 4 is 22.8 Å². The van der Waals surface area contributed by atoms with Crippen molar-refractivity contribution in [2.24, 2.45) is 0 Å². The Balaban J connectivity index is 2.16. The maximum absolute atomic E-state index is 12.9. The molecule has 0 unspecified atom stereocenters. The summed E-state index contributed by atoms with van der Waals surface area (Å²) in [4.78, 5) is 35.8. The molecule has 0 fully saturated rings. The van der Waals surface area contributed by atoms with Crippen LogP contribution in [0.1, 0.15) is 55.5 Å². The lowest BCUT2D eigenvalue weighted by Crippen LogP contribution is -2.21. The predicted molar refractivity (Wildman–Crippen MR) is 113 cm³/mol. The highest BCUT2D eigenvalue weighted by Gasteiger charge is 2.16. The van der Waals surface area contributed by atoms with E-state index in [0.717, 1.165) is 36.8 Å². The van der Waals surface area contributed by atoms with Gasteiger partial charge in [-0.1, -0.05) is 19.4 Å². The third-order valence-electron chi connectivity index (χ3n) is 4.77. The molecule has 2 aromatic rings. The van der Waals surface area contributed by atoms with Crippen molar-refractivity contribution in [1.82, 2.24) is 9.88 Å². The molecular weight excluding hydrogens is 372 g/mol. The molecule has 29 heavy (non-hydrogen) atoms. The fraction of sp³-hybridized carbons (Fsp3) is 0.500. The highest BCUT2D eigenvalue weighted by molar-refractivity contribution is 5.94. The molecule has 0 saturated carbocycles. The summed E-state index contributed by atoms with van der Waals surface area (Å²) in [6, 6.07) is 5.76. The SMILES string of the molecule is CCCCOC(=O)c1cn(CC)c2ccc(CCCNCCC(=O)O)cc2c1=O. The summed E-state index contributed by atoms with van der Waals surface area (Å²) in [5.41, 5.74) is 1.58. The summed E-state index contributed by atoms with van der Waals surface area (Å²) in [6.45, 7) is 6.07. The molecule has 2 rings (SSSR count). The van der Waals surface area contributed by atoms with Gasteiger partial charge in [0.25, 0.3) is 0 Å². The molecule has 0 aliphatic rings. The molecule has 7 heteroatoms. The number of fused-ring (bicyclic) bond motifs is 1. The second-order valence-electron chi connectivity index (χ2n) is 7.00. The molecule has 0 spiro atoms. The fourth-order valence-corrected chi connectivity index (χ4v) is 3.13. The van der Waals surface area contributed by atoms with Crippen molar-refractivity contribution in [3.05, 3.63) is 45.7 Å². The molecule has 0 amide bonds. The average Bonchev–Trinajstić information content (AvgIpc) is 2.71. The number of pyridine rings is 1. The monoisotopic (exact) mass is 402 g/mol. The molecule has 158 valence electrons. The number of carboxylic acid groups (broad SMARTS) is 1. The predicted octanol–water partition coefficient (Wildman–Crippen LogP) is 2.98. The second kappa shape index (κ2) is 11.4. The Kier molecular flexibility index (Phi) is 8.86. The lowest BCUT2D eigenvalue weighted by Gasteiger charge is -2.13. The van der Waals surface area contributed by atoms with Gasteiger partial charge in [0.2, 0.25) is 5.43 Å². The molecule has 1 aromatic carbocycles. The van der Waals surface area contributed by atoms with Crippen LogP contribution in [0.4, 0.5) is 0 Å². The summed E-state index contributed by atoms with van der Waals surface area (Å²) in [7, 11) is 0. The molecule has 1 aromatic heterocycles. The molecule has 0 atom stereocenters. The van der Waals surface area contributed by atoms with Crippen LogP contribution in [0.15, 0.2) is 29.2 Å². The third-order valence-corrected chi connectivity index (χ3v) is 4.77. The first-order chi connectivity index (χ1) is 14.0. The van der Waals surface area contributed by atoms with E-state index in [9.17, 15) is 14.4 Å². The van der Waals surface area contributed by atoms with Gasteiger partial charge in [-0.2, -0.15) is 0 Å². The first-order valence-corrected chi connectivity index (χ1v) is 10.2. The van der Waals surface area contributed by atoms with Gasteiger partial charge in [0.15, 0.2) is 0 Å². The maximum atomic E-state index is 12.9. The highest BCUT2D eigenvalue weighted by Crippen LogP contribution is 2.16. The zero-order valence-corrected chi connectivity index (χ0v) is 17.2. The van der Waals surface area contributed by atoms with Crippen LogP contribution in [0.3, 0.4) is 0 Å². The number of unbranched alkanes of at least 4 members (excludes halogenated alkanes) is 1. The van der Waals surface area contributed by atoms with Gasteiger partial charge in [-0.05, 0) is 50.4 Å². The molecule has 0 aliphatic carbocycles. The molecule has 7 nitrogen and oxygen atoms in total. The fourth-order valence-electron chi connectivity index (χ4n) is 3.13. The number of hydrogen-bond donors (Lipinski definition) is 2. The normalized spacial score (nSPS) is 11.0. The minimum atomic E-state index is -0.816. The van der Waals surface area contributed by atoms with E-state index in [1.165, 1.54) is 0 Å². The maximum Gasteiger partial charge on any atom is 0.343 e. The zero-order chi connectivity index (χ0) is 21.2. The van der Waals surface area contributed by atoms with Crippen LogP contribution in [0, 0.1) is 0 Å². The number of esters is 1. The number of ether oxygens (including phenoxy) is 1. The molecule has 0 aliphatic heterocycles. The Hall–Kier alpha value is -2.67. The quantitative estimate of drug-likeness (QED) is 0.418. The Morgan fingerprint density at radius 1 is 1.17 bits per heavy atom. The summed E-state index contributed by atoms with van der Waals surface area (Å²) in [6.07, 6.45) is 4.96. The second-order valence-corrected chi connectivity index (χ2v) is 7.00. The van der Waals surface area contributed by atoms with Gasteiger partial charge in [-0.3, -0.25) is 9.59 Å². The Morgan fingerprint density at radius 2 is 1.97 bits per heavy atom. The number of benzene rings is 1. The van der Waals surface area contributed by atoms with Gasteiger partial charge in [0.1, 0.15) is 5.56 Å². The van der Waals surface area contributed by atoms with Crippen molar-refractivity contribution in [2.75, 3.05) is 19.7 Å². The van der Waals surface area contributed by atoms with Crippen molar-refractivity contribution in [3.63, 3.8) is 0 Å². The largest absolute Gasteiger partial charge is 0.481 e. The number of nitrogens with zero attached hydrogens (tertiary/aromatic N) is 1. The number of nitrogens with one attached hydrogen (secondary N) is 1. The van der Waals surface area contributed by atoms with E-state index >= 15 is 0 Å². The number of carbonyl (C=O) groups is 2. The number of aryl methyl sites for hydroxylation is 2. The molecular formula is C22H30N2O5. The van der Waals surface area contributed by atoms with E-state index in [2.05, 4.69) is 5.32 Å². The summed E-state index contributed by atoms with van der Waals surface area (Å²) < 4.78 is 7.14. The standard InChI is InChI=1S/C22H30N2O5/c1-3-5-13-29-22(28)18-15-24(4-2)19-9-8-16(14-17(19)21(18)27)7-6-11-23-12-10-20(25)26/h8-9,14-15,23H,3-7,10-13H2,1-2H3,(H,25,26). The Bertz CT molecular complexity index is 904. The minimum absolute atomic E-state index is 0.0722. The smallest absolute Gasteiger partial charge is 0.343 e. The summed E-state index contributed by atoms with van der Waals surface area (Å²) in [5, 5.41) is 12.3. The molecule has 0 bridgehead atoms. The van der Waals surface area contributed by atoms with Crippen LogP contribution in [-0.2, 0) is 22.5 Å². The van der Waals surface area contributed by atoms with Crippen molar-refractivity contribution < 1.29 is 19.4 Å². The van der Waals surface area contributed by atoms with Crippen LogP contribution < -0.4 is 10.7 Å². The van der Waals surface area contributed by atoms with Crippen LogP contribution in [0.25, 0.3) is 10.9 Å². The van der Waals surface area contributed by atoms with Gasteiger partial charge in [-0.15, -0.1) is 0 Å². The number of rotatable bonds is 12. The molecule has 0 saturated heterocycles. The lowest BCUT2D eigenvalue weighted by molar-refractivity contribution is -0.136. The topological polar surface area (TPSA) is 97.6 Å². The number of aromatic nitrogens is 1. The number of carboxylic acids is 1. The van der Waals surface area contributed by atoms with E-state index in [0.29, 0.717) is 31.6 Å². The first kappa shape index (κ1) is 22.6. The van der Waals surface area contributed by atoms with Gasteiger partial charge in [0.05, 0.1) is 18.5 Å². The third kappa shape index (κ3) is 6.42. The van der Waals surface area contributed by atoms with Gasteiger partial charge in [0, 0.05) is 24.7 Å². The van der Waals surface area contributed by atoms with Crippen molar-refractivity contribution in [2.45, 2.75) is 52.5 Å². The number of carbonyl (C=O) groups excluding carboxylic acids is 1. The van der Waals surface area contributed by atoms with Crippen LogP contribution in [0.2, 0.25) is 0 Å². The zero-order valence-electron chi connectivity index (χ0n) is 17.2. The van der Waals surface area contributed by atoms with E-state index < -0.39 is 11.9 Å². The highest BCUT2D eigenvalue weighted by atomic mass is 16.5. The lowest BCUT2D eigenvalue weighted by atomic mass is 10.0. The van der Waals surface area contributed by atoms with Gasteiger partial charge >= 0.3 is 11.9 Å². The minimum Gasteiger partial charge on any atom is -0.481 e. The van der Waals surface area contributed by atoms with Gasteiger partial charge < -0.3 is 19.7 Å². The summed E-state index contributed by atoms with van der Waals surface area (Å²) in [5.74, 6) is -1.39. The van der Waals surface area contributed by atoms with Crippen molar-refractivity contribution in [3.8, 4) is 0 Å². The average molecular weight is 402 g/mol. The first-order valence-electron chi connectivity index (χ1n) is 10.2. The summed E-state index contributed by atoms with van der Waals surface area (Å²) >= 11 is 0. The van der Waals surface area contributed by atoms with Gasteiger partial charge in [-0.25, -0.2) is 4.79 Å². The molecule has 1 heterocycles. The van der Waals surface area contributed by atoms with E-state index in [4.69, 9.17) is 9.84 Å². The molecule has 0 radical (unpaired) electrons. The van der Waals surface area contributed by atoms with Crippen LogP contribution in [0.5, 0.6) is 0 Å². The number of aliphatic carboxylic acids is 1. The van der Waals surface area contributed by atoms with E-state index in [1.54, 1.807) is 6.20 Å². The number of hydrogen-bond acceptors (Lipinski definition) is 5. The molecule has 2 N–H and O–H groups in total. The van der Waals surface area contributed by atoms with Crippen LogP contribution in [-0.4, -0.2) is 41.3 Å². The Labute approximate surface area is 170 Å². The van der Waals surface area contributed by atoms with E-state index in [1.807, 2.05) is 36.6 Å². The van der Waals surface area contributed by atoms with Crippen molar-refractivity contribution in [1.29, 1.82) is 0 Å².